The second-order valence-corrected chi connectivity index (χ2v) is 18.4. The van der Waals surface area contributed by atoms with Gasteiger partial charge in [-0.15, -0.1) is 0 Å². The molecule has 6 aliphatic rings. The number of ether oxygens (including phenoxy) is 2. The van der Waals surface area contributed by atoms with Gasteiger partial charge in [0, 0.05) is 99.9 Å². The number of anilines is 1. The molecule has 0 bridgehead atoms. The van der Waals surface area contributed by atoms with E-state index in [1.807, 2.05) is 30.5 Å². The summed E-state index contributed by atoms with van der Waals surface area (Å²) in [6, 6.07) is 8.87. The molecule has 17 heteroatoms. The molecule has 64 heavy (non-hydrogen) atoms. The lowest BCUT2D eigenvalue weighted by Crippen LogP contribution is -2.54. The third-order valence-electron chi connectivity index (χ3n) is 14.6. The number of hydrogen-bond donors (Lipinski definition) is 2. The summed E-state index contributed by atoms with van der Waals surface area (Å²) in [5, 5.41) is 4.63. The van der Waals surface area contributed by atoms with E-state index in [1.54, 1.807) is 26.2 Å². The summed E-state index contributed by atoms with van der Waals surface area (Å²) in [7, 11) is 5.00. The number of halogens is 2. The molecule has 5 aliphatic heterocycles. The van der Waals surface area contributed by atoms with E-state index in [2.05, 4.69) is 31.4 Å². The van der Waals surface area contributed by atoms with Crippen LogP contribution in [0.4, 0.5) is 19.3 Å². The molecule has 1 saturated carbocycles. The summed E-state index contributed by atoms with van der Waals surface area (Å²) in [6.07, 6.45) is 5.76. The molecule has 2 N–H and O–H groups in total. The molecule has 342 valence electrons. The molecule has 15 nitrogen and oxygen atoms in total. The molecule has 1 aromatic heterocycles. The maximum Gasteiger partial charge on any atom is 0.317 e. The Kier molecular flexibility index (Phi) is 12.1. The molecule has 5 amide bonds. The first-order chi connectivity index (χ1) is 30.8. The van der Waals surface area contributed by atoms with Crippen LogP contribution in [0.5, 0.6) is 11.5 Å². The Hall–Kier alpha value is -5.55. The highest BCUT2D eigenvalue weighted by Gasteiger charge is 2.51. The molecule has 1 unspecified atom stereocenters. The van der Waals surface area contributed by atoms with Crippen molar-refractivity contribution in [2.24, 2.45) is 13.0 Å². The number of aryl methyl sites for hydroxylation is 1. The van der Waals surface area contributed by atoms with Gasteiger partial charge in [0.2, 0.25) is 11.8 Å². The van der Waals surface area contributed by atoms with Gasteiger partial charge in [-0.1, -0.05) is 6.07 Å². The number of benzene rings is 2. The highest BCUT2D eigenvalue weighted by molar-refractivity contribution is 6.05. The quantitative estimate of drug-likeness (QED) is 0.255. The minimum atomic E-state index is -2.66. The molecule has 6 heterocycles. The van der Waals surface area contributed by atoms with Crippen molar-refractivity contribution in [3.8, 4) is 22.6 Å². The first-order valence-corrected chi connectivity index (χ1v) is 22.6. The highest BCUT2D eigenvalue weighted by atomic mass is 19.3. The smallest absolute Gasteiger partial charge is 0.317 e. The van der Waals surface area contributed by atoms with Gasteiger partial charge in [-0.25, -0.2) is 13.6 Å². The van der Waals surface area contributed by atoms with Crippen molar-refractivity contribution >= 4 is 29.4 Å². The molecule has 3 aromatic rings. The number of nitrogens with one attached hydrogen (secondary N) is 2. The Morgan fingerprint density at radius 2 is 1.66 bits per heavy atom. The Labute approximate surface area is 371 Å². The summed E-state index contributed by atoms with van der Waals surface area (Å²) < 4.78 is 39.2. The van der Waals surface area contributed by atoms with Gasteiger partial charge in [-0.05, 0) is 98.4 Å². The van der Waals surface area contributed by atoms with E-state index in [0.29, 0.717) is 61.0 Å². The summed E-state index contributed by atoms with van der Waals surface area (Å²) in [6.45, 7) is 6.50. The average molecular weight is 885 g/mol. The van der Waals surface area contributed by atoms with Crippen LogP contribution < -0.4 is 30.6 Å². The summed E-state index contributed by atoms with van der Waals surface area (Å²) >= 11 is 0. The number of nitrogens with zero attached hydrogens (tertiary/aromatic N) is 6. The van der Waals surface area contributed by atoms with Crippen LogP contribution in [0.15, 0.2) is 41.3 Å². The minimum Gasteiger partial charge on any atom is -0.496 e. The number of aromatic nitrogens is 1. The van der Waals surface area contributed by atoms with Crippen LogP contribution in [-0.4, -0.2) is 133 Å². The fourth-order valence-electron chi connectivity index (χ4n) is 10.7. The second kappa shape index (κ2) is 17.8. The first-order valence-electron chi connectivity index (χ1n) is 22.6. The predicted molar refractivity (Wildman–Crippen MR) is 235 cm³/mol. The molecule has 1 atom stereocenters. The average Bonchev–Trinajstić information content (AvgIpc) is 3.99. The number of piperidine rings is 2. The maximum absolute atomic E-state index is 13.4. The van der Waals surface area contributed by atoms with Crippen LogP contribution in [0, 0.1) is 5.92 Å². The van der Waals surface area contributed by atoms with Gasteiger partial charge in [-0.2, -0.15) is 0 Å². The van der Waals surface area contributed by atoms with Crippen LogP contribution in [0.3, 0.4) is 0 Å². The number of alkyl halides is 2. The van der Waals surface area contributed by atoms with Crippen LogP contribution in [0.2, 0.25) is 0 Å². The van der Waals surface area contributed by atoms with E-state index in [-0.39, 0.29) is 35.9 Å². The lowest BCUT2D eigenvalue weighted by molar-refractivity contribution is -0.136. The zero-order chi connectivity index (χ0) is 44.9. The number of rotatable bonds is 12. The number of amides is 5. The summed E-state index contributed by atoms with van der Waals surface area (Å²) in [5.74, 6) is 1.21. The third-order valence-corrected chi connectivity index (χ3v) is 14.6. The zero-order valence-electron chi connectivity index (χ0n) is 36.9. The topological polar surface area (TPSA) is 149 Å². The van der Waals surface area contributed by atoms with E-state index < -0.39 is 31.0 Å². The molecule has 9 rings (SSSR count). The van der Waals surface area contributed by atoms with E-state index in [4.69, 9.17) is 9.47 Å². The number of urea groups is 1. The zero-order valence-corrected chi connectivity index (χ0v) is 36.9. The van der Waals surface area contributed by atoms with Gasteiger partial charge in [0.1, 0.15) is 17.5 Å². The van der Waals surface area contributed by atoms with Crippen molar-refractivity contribution in [3.05, 3.63) is 74.7 Å². The SMILES string of the molecule is COc1cc(-c2cn(C)c(=O)c3c2CCN(C(=O)NCC(F)F)C3)cc(OC)c1CN1CCN(CCC2CCN(c3ccc4c(c3)C(=O)N(C3CCC(=O)NC3=O)C4)CC2)CC12CC2. The number of hydrogen-bond acceptors (Lipinski definition) is 10. The molecular formula is C47H58F2N8O7. The van der Waals surface area contributed by atoms with Crippen LogP contribution in [0.25, 0.3) is 11.1 Å². The van der Waals surface area contributed by atoms with Gasteiger partial charge in [0.25, 0.3) is 17.9 Å². The van der Waals surface area contributed by atoms with Crippen LogP contribution >= 0.6 is 0 Å². The fourth-order valence-corrected chi connectivity index (χ4v) is 10.7. The van der Waals surface area contributed by atoms with Crippen molar-refractivity contribution < 1.29 is 37.4 Å². The predicted octanol–water partition coefficient (Wildman–Crippen LogP) is 4.12. The minimum absolute atomic E-state index is 0.0294. The Morgan fingerprint density at radius 1 is 0.906 bits per heavy atom. The standard InChI is InChI=1S/C47H58F2N8O7/c1-52-25-35(33-11-17-55(26-36(33)44(52)60)46(62)50-23-41(48)49)31-20-39(63-2)37(40(21-31)64-3)27-56-19-18-53(28-47(56)12-13-47)14-8-29-9-15-54(16-10-29)32-5-4-30-24-57(45(61)34(30)22-32)38-6-7-42(58)51-43(38)59/h4-5,20-22,25,29,38,41H,6-19,23-24,26-28H2,1-3H3,(H,50,62)(H,51,58,59). The number of fused-ring (bicyclic) bond motifs is 2. The fraction of sp³-hybridized carbons (Fsp3) is 0.553. The largest absolute Gasteiger partial charge is 0.496 e. The number of piperazine rings is 1. The monoisotopic (exact) mass is 884 g/mol. The van der Waals surface area contributed by atoms with Gasteiger partial charge in [0.05, 0.1) is 32.9 Å². The summed E-state index contributed by atoms with van der Waals surface area (Å²) in [5.41, 5.74) is 6.45. The van der Waals surface area contributed by atoms with Crippen LogP contribution in [-0.2, 0) is 42.7 Å². The van der Waals surface area contributed by atoms with E-state index in [9.17, 15) is 32.8 Å². The molecule has 3 saturated heterocycles. The molecule has 4 fully saturated rings. The van der Waals surface area contributed by atoms with Gasteiger partial charge in [-0.3, -0.25) is 29.4 Å². The van der Waals surface area contributed by atoms with Crippen molar-refractivity contribution in [1.82, 2.24) is 34.8 Å². The van der Waals surface area contributed by atoms with Crippen molar-refractivity contribution in [2.75, 3.05) is 71.5 Å². The van der Waals surface area contributed by atoms with Crippen molar-refractivity contribution in [1.29, 1.82) is 0 Å². The molecule has 2 aromatic carbocycles. The first kappa shape index (κ1) is 43.7. The summed E-state index contributed by atoms with van der Waals surface area (Å²) in [4.78, 5) is 74.2. The van der Waals surface area contributed by atoms with E-state index >= 15 is 0 Å². The Morgan fingerprint density at radius 3 is 2.34 bits per heavy atom. The molecule has 1 aliphatic carbocycles. The highest BCUT2D eigenvalue weighted by Crippen LogP contribution is 2.47. The number of carbonyl (C=O) groups is 4. The number of pyridine rings is 1. The van der Waals surface area contributed by atoms with Gasteiger partial charge in [0.15, 0.2) is 0 Å². The second-order valence-electron chi connectivity index (χ2n) is 18.4. The lowest BCUT2D eigenvalue weighted by atomic mass is 9.91. The Balaban J connectivity index is 0.801. The van der Waals surface area contributed by atoms with E-state index in [0.717, 1.165) is 105 Å². The van der Waals surface area contributed by atoms with E-state index in [1.165, 1.54) is 9.47 Å². The number of imide groups is 1. The molecule has 0 radical (unpaired) electrons. The molecule has 1 spiro atoms. The Bertz CT molecular complexity index is 2370. The maximum atomic E-state index is 13.4. The van der Waals surface area contributed by atoms with Crippen molar-refractivity contribution in [2.45, 2.75) is 89.0 Å². The third kappa shape index (κ3) is 8.55. The van der Waals surface area contributed by atoms with Crippen molar-refractivity contribution in [3.63, 3.8) is 0 Å². The number of methoxy groups -OCH3 is 2. The lowest BCUT2D eigenvalue weighted by Gasteiger charge is -2.43. The number of carbonyl (C=O) groups excluding carboxylic acids is 4. The normalized spacial score (nSPS) is 21.3. The van der Waals surface area contributed by atoms with Gasteiger partial charge >= 0.3 is 6.03 Å². The van der Waals surface area contributed by atoms with Gasteiger partial charge < -0.3 is 39.0 Å². The molecular weight excluding hydrogens is 827 g/mol. The van der Waals surface area contributed by atoms with Crippen LogP contribution in [0.1, 0.15) is 77.6 Å².